The Balaban J connectivity index is 1.56. The van der Waals surface area contributed by atoms with Crippen molar-refractivity contribution in [3.63, 3.8) is 0 Å². The molecule has 7 nitrogen and oxygen atoms in total. The molecule has 0 saturated carbocycles. The van der Waals surface area contributed by atoms with Crippen molar-refractivity contribution >= 4 is 34.4 Å². The Hall–Kier alpha value is -3.61. The first-order chi connectivity index (χ1) is 14.7. The summed E-state index contributed by atoms with van der Waals surface area (Å²) >= 11 is 0. The summed E-state index contributed by atoms with van der Waals surface area (Å²) in [6.45, 7) is 9.00. The Morgan fingerprint density at radius 1 is 1.03 bits per heavy atom. The highest BCUT2D eigenvalue weighted by Crippen LogP contribution is 2.23. The Kier molecular flexibility index (Phi) is 6.44. The molecule has 1 atom stereocenters. The van der Waals surface area contributed by atoms with Gasteiger partial charge in [0.1, 0.15) is 0 Å². The van der Waals surface area contributed by atoms with Crippen LogP contribution in [0.5, 0.6) is 0 Å². The van der Waals surface area contributed by atoms with E-state index in [0.717, 1.165) is 39.0 Å². The van der Waals surface area contributed by atoms with Crippen LogP contribution < -0.4 is 10.6 Å². The number of nitrogens with one attached hydrogen (secondary N) is 3. The summed E-state index contributed by atoms with van der Waals surface area (Å²) in [6, 6.07) is 10.9. The second-order valence-electron chi connectivity index (χ2n) is 7.72. The minimum absolute atomic E-state index is 0.220. The largest absolute Gasteiger partial charge is 0.449 e. The third-order valence-electron chi connectivity index (χ3n) is 5.37. The van der Waals surface area contributed by atoms with E-state index in [1.54, 1.807) is 12.1 Å². The van der Waals surface area contributed by atoms with E-state index < -0.39 is 18.0 Å². The molecule has 0 spiro atoms. The molecule has 31 heavy (non-hydrogen) atoms. The van der Waals surface area contributed by atoms with E-state index in [4.69, 9.17) is 4.74 Å². The number of benzene rings is 2. The molecule has 0 saturated heterocycles. The molecule has 0 radical (unpaired) electrons. The second-order valence-corrected chi connectivity index (χ2v) is 7.72. The topological polar surface area (TPSA) is 100 Å². The highest BCUT2D eigenvalue weighted by Gasteiger charge is 2.20. The van der Waals surface area contributed by atoms with Crippen LogP contribution in [0.2, 0.25) is 0 Å². The quantitative estimate of drug-likeness (QED) is 0.528. The molecule has 2 amide bonds. The van der Waals surface area contributed by atoms with E-state index >= 15 is 0 Å². The van der Waals surface area contributed by atoms with Crippen molar-refractivity contribution in [3.8, 4) is 0 Å². The van der Waals surface area contributed by atoms with Crippen molar-refractivity contribution < 1.29 is 19.1 Å². The van der Waals surface area contributed by atoms with Gasteiger partial charge in [-0.2, -0.15) is 0 Å². The number of anilines is 1. The lowest BCUT2D eigenvalue weighted by atomic mass is 10.1. The van der Waals surface area contributed by atoms with E-state index in [-0.39, 0.29) is 12.5 Å². The van der Waals surface area contributed by atoms with Gasteiger partial charge in [0.25, 0.3) is 5.91 Å². The van der Waals surface area contributed by atoms with Gasteiger partial charge in [-0.15, -0.1) is 0 Å². The van der Waals surface area contributed by atoms with Crippen LogP contribution >= 0.6 is 0 Å². The van der Waals surface area contributed by atoms with Crippen LogP contribution in [-0.4, -0.2) is 35.4 Å². The molecule has 0 fully saturated rings. The van der Waals surface area contributed by atoms with Crippen LogP contribution in [0.1, 0.15) is 39.7 Å². The average Bonchev–Trinajstić information content (AvgIpc) is 3.02. The first-order valence-electron chi connectivity index (χ1n) is 10.1. The number of amides is 2. The number of H-pyrrole nitrogens is 1. The second kappa shape index (κ2) is 9.04. The van der Waals surface area contributed by atoms with Gasteiger partial charge < -0.3 is 20.4 Å². The number of carbonyl (C=O) groups is 3. The van der Waals surface area contributed by atoms with Gasteiger partial charge in [0, 0.05) is 22.3 Å². The number of aromatic amines is 1. The first-order valence-corrected chi connectivity index (χ1v) is 10.1. The number of aromatic nitrogens is 1. The van der Waals surface area contributed by atoms with Crippen molar-refractivity contribution in [2.45, 2.75) is 40.7 Å². The highest BCUT2D eigenvalue weighted by atomic mass is 16.5. The monoisotopic (exact) mass is 421 g/mol. The van der Waals surface area contributed by atoms with E-state index in [1.807, 2.05) is 52.0 Å². The van der Waals surface area contributed by atoms with Crippen molar-refractivity contribution in [2.24, 2.45) is 0 Å². The zero-order chi connectivity index (χ0) is 22.7. The van der Waals surface area contributed by atoms with Gasteiger partial charge in [-0.1, -0.05) is 18.2 Å². The number of aryl methyl sites for hydroxylation is 4. The maximum atomic E-state index is 12.5. The van der Waals surface area contributed by atoms with Crippen LogP contribution in [0.25, 0.3) is 10.9 Å². The number of para-hydroxylation sites is 1. The normalized spacial score (nSPS) is 11.8. The molecular formula is C24H27N3O4. The molecule has 2 aromatic carbocycles. The van der Waals surface area contributed by atoms with Crippen LogP contribution in [-0.2, 0) is 14.3 Å². The number of hydrogen-bond acceptors (Lipinski definition) is 4. The van der Waals surface area contributed by atoms with Crippen molar-refractivity contribution in [2.75, 3.05) is 11.9 Å². The lowest BCUT2D eigenvalue weighted by molar-refractivity contribution is -0.130. The summed E-state index contributed by atoms with van der Waals surface area (Å²) in [6.07, 6.45) is -1.04. The number of hydrogen-bond donors (Lipinski definition) is 3. The summed E-state index contributed by atoms with van der Waals surface area (Å²) in [5, 5.41) is 6.24. The Morgan fingerprint density at radius 2 is 1.71 bits per heavy atom. The molecule has 1 unspecified atom stereocenters. The average molecular weight is 421 g/mol. The molecule has 1 heterocycles. The smallest absolute Gasteiger partial charge is 0.338 e. The zero-order valence-electron chi connectivity index (χ0n) is 18.4. The Labute approximate surface area is 181 Å². The molecule has 0 aliphatic rings. The predicted octanol–water partition coefficient (Wildman–Crippen LogP) is 3.70. The summed E-state index contributed by atoms with van der Waals surface area (Å²) in [5.74, 6) is -1.49. The number of esters is 1. The van der Waals surface area contributed by atoms with Crippen molar-refractivity contribution in [3.05, 3.63) is 64.3 Å². The van der Waals surface area contributed by atoms with Gasteiger partial charge in [-0.25, -0.2) is 4.79 Å². The Morgan fingerprint density at radius 3 is 2.39 bits per heavy atom. The van der Waals surface area contributed by atoms with E-state index in [2.05, 4.69) is 15.6 Å². The molecule has 162 valence electrons. The molecule has 0 bridgehead atoms. The summed E-state index contributed by atoms with van der Waals surface area (Å²) < 4.78 is 5.29. The predicted molar refractivity (Wildman–Crippen MR) is 120 cm³/mol. The molecule has 3 N–H and O–H groups in total. The van der Waals surface area contributed by atoms with Gasteiger partial charge in [0.05, 0.1) is 12.1 Å². The molecule has 0 aliphatic heterocycles. The maximum Gasteiger partial charge on any atom is 0.338 e. The van der Waals surface area contributed by atoms with Crippen LogP contribution in [0, 0.1) is 27.7 Å². The van der Waals surface area contributed by atoms with Crippen LogP contribution in [0.3, 0.4) is 0 Å². The number of fused-ring (bicyclic) bond motifs is 1. The fourth-order valence-electron chi connectivity index (χ4n) is 3.38. The number of carbonyl (C=O) groups excluding carboxylic acids is 3. The lowest BCUT2D eigenvalue weighted by Gasteiger charge is -2.15. The third-order valence-corrected chi connectivity index (χ3v) is 5.37. The van der Waals surface area contributed by atoms with Crippen molar-refractivity contribution in [1.29, 1.82) is 0 Å². The third kappa shape index (κ3) is 4.94. The SMILES string of the molecule is Cc1cccc(C)c1NC(=O)CNC(=O)C(C)OC(=O)c1ccc2[nH]c(C)c(C)c2c1. The Bertz CT molecular complexity index is 1140. The minimum atomic E-state index is -1.04. The fourth-order valence-corrected chi connectivity index (χ4v) is 3.38. The first kappa shape index (κ1) is 22.1. The van der Waals surface area contributed by atoms with Gasteiger partial charge in [-0.3, -0.25) is 9.59 Å². The van der Waals surface area contributed by atoms with E-state index in [9.17, 15) is 14.4 Å². The van der Waals surface area contributed by atoms with Crippen LogP contribution in [0.15, 0.2) is 36.4 Å². The van der Waals surface area contributed by atoms with Gasteiger partial charge in [0.15, 0.2) is 6.10 Å². The van der Waals surface area contributed by atoms with Crippen LogP contribution in [0.4, 0.5) is 5.69 Å². The number of ether oxygens (including phenoxy) is 1. The molecule has 1 aromatic heterocycles. The number of rotatable bonds is 6. The molecule has 3 rings (SSSR count). The highest BCUT2D eigenvalue weighted by molar-refractivity contribution is 5.98. The molecular weight excluding hydrogens is 394 g/mol. The van der Waals surface area contributed by atoms with E-state index in [0.29, 0.717) is 5.56 Å². The fraction of sp³-hybridized carbons (Fsp3) is 0.292. The summed E-state index contributed by atoms with van der Waals surface area (Å²) in [7, 11) is 0. The standard InChI is InChI=1S/C24H27N3O4/c1-13-7-6-8-14(2)22(13)27-21(28)12-25-23(29)17(5)31-24(30)18-9-10-20-19(11-18)15(3)16(4)26-20/h6-11,17,26H,12H2,1-5H3,(H,25,29)(H,27,28). The molecule has 0 aliphatic carbocycles. The summed E-state index contributed by atoms with van der Waals surface area (Å²) in [4.78, 5) is 40.2. The van der Waals surface area contributed by atoms with Crippen molar-refractivity contribution in [1.82, 2.24) is 10.3 Å². The zero-order valence-corrected chi connectivity index (χ0v) is 18.4. The maximum absolute atomic E-state index is 12.5. The lowest BCUT2D eigenvalue weighted by Crippen LogP contribution is -2.40. The molecule has 7 heteroatoms. The van der Waals surface area contributed by atoms with E-state index in [1.165, 1.54) is 6.92 Å². The minimum Gasteiger partial charge on any atom is -0.449 e. The van der Waals surface area contributed by atoms with Gasteiger partial charge in [0.2, 0.25) is 5.91 Å². The summed E-state index contributed by atoms with van der Waals surface area (Å²) in [5.41, 5.74) is 6.00. The van der Waals surface area contributed by atoms with Gasteiger partial charge >= 0.3 is 5.97 Å². The molecule has 3 aromatic rings. The van der Waals surface area contributed by atoms with Gasteiger partial charge in [-0.05, 0) is 69.5 Å².